The van der Waals surface area contributed by atoms with E-state index in [2.05, 4.69) is 10.3 Å². The summed E-state index contributed by atoms with van der Waals surface area (Å²) in [6, 6.07) is 3.11. The first-order chi connectivity index (χ1) is 13.1. The number of pyridine rings is 1. The highest BCUT2D eigenvalue weighted by Crippen LogP contribution is 2.39. The molecule has 0 bridgehead atoms. The number of aromatic nitrogens is 1. The fraction of sp³-hybridized carbons (Fsp3) is 0.667. The van der Waals surface area contributed by atoms with Crippen molar-refractivity contribution in [1.82, 2.24) is 10.3 Å². The van der Waals surface area contributed by atoms with E-state index in [0.717, 1.165) is 31.2 Å². The number of primary amides is 1. The molecular weight excluding hydrogens is 342 g/mol. The van der Waals surface area contributed by atoms with Gasteiger partial charge in [0.1, 0.15) is 11.7 Å². The molecule has 3 fully saturated rings. The number of rotatable bonds is 9. The van der Waals surface area contributed by atoms with E-state index in [4.69, 9.17) is 10.5 Å². The minimum atomic E-state index is -0.628. The molecule has 1 aromatic heterocycles. The van der Waals surface area contributed by atoms with Crippen LogP contribution in [-0.4, -0.2) is 29.4 Å². The molecule has 27 heavy (non-hydrogen) atoms. The normalized spacial score (nSPS) is 21.0. The molecule has 146 valence electrons. The topological polar surface area (TPSA) is 94.3 Å². The number of carbonyl (C=O) groups is 2. The van der Waals surface area contributed by atoms with Gasteiger partial charge in [0, 0.05) is 5.56 Å². The molecule has 3 aliphatic rings. The maximum absolute atomic E-state index is 12.7. The van der Waals surface area contributed by atoms with Gasteiger partial charge in [0.25, 0.3) is 5.91 Å². The number of amides is 2. The molecule has 0 aromatic carbocycles. The Labute approximate surface area is 160 Å². The van der Waals surface area contributed by atoms with Gasteiger partial charge in [-0.15, -0.1) is 0 Å². The molecule has 4 rings (SSSR count). The van der Waals surface area contributed by atoms with Crippen LogP contribution in [0.4, 0.5) is 0 Å². The third kappa shape index (κ3) is 4.79. The molecule has 2 amide bonds. The molecule has 0 spiro atoms. The monoisotopic (exact) mass is 371 g/mol. The summed E-state index contributed by atoms with van der Waals surface area (Å²) in [6.07, 6.45) is 10.0. The zero-order valence-electron chi connectivity index (χ0n) is 15.8. The summed E-state index contributed by atoms with van der Waals surface area (Å²) in [4.78, 5) is 28.9. The van der Waals surface area contributed by atoms with Gasteiger partial charge in [-0.3, -0.25) is 9.59 Å². The fourth-order valence-corrected chi connectivity index (χ4v) is 3.89. The van der Waals surface area contributed by atoms with Crippen molar-refractivity contribution in [2.24, 2.45) is 17.6 Å². The summed E-state index contributed by atoms with van der Waals surface area (Å²) in [5.41, 5.74) is 6.88. The standard InChI is InChI=1S/C21H29N3O3/c22-19(25)18(11-13-5-6-13)23-20(26)17-10-9-16(15-3-1-2-4-15)21(24-17)27-12-14-7-8-14/h9-10,13-15,18H,1-8,11-12H2,(H2,22,25)(H,23,26)/t18-/m0/s1. The zero-order chi connectivity index (χ0) is 18.8. The quantitative estimate of drug-likeness (QED) is 0.698. The molecule has 3 aliphatic carbocycles. The summed E-state index contributed by atoms with van der Waals surface area (Å²) in [5, 5.41) is 2.77. The Morgan fingerprint density at radius 3 is 2.44 bits per heavy atom. The molecule has 6 heteroatoms. The molecule has 3 N–H and O–H groups in total. The van der Waals surface area contributed by atoms with E-state index in [-0.39, 0.29) is 5.91 Å². The van der Waals surface area contributed by atoms with Crippen LogP contribution in [0.1, 0.15) is 79.8 Å². The number of nitrogens with zero attached hydrogens (tertiary/aromatic N) is 1. The Morgan fingerprint density at radius 2 is 1.81 bits per heavy atom. The summed E-state index contributed by atoms with van der Waals surface area (Å²) < 4.78 is 6.01. The molecule has 0 radical (unpaired) electrons. The minimum Gasteiger partial charge on any atom is -0.477 e. The molecule has 6 nitrogen and oxygen atoms in total. The van der Waals surface area contributed by atoms with Gasteiger partial charge in [0.15, 0.2) is 0 Å². The van der Waals surface area contributed by atoms with Crippen molar-refractivity contribution in [3.63, 3.8) is 0 Å². The number of nitrogens with two attached hydrogens (primary N) is 1. The van der Waals surface area contributed by atoms with Gasteiger partial charge in [0.05, 0.1) is 6.61 Å². The lowest BCUT2D eigenvalue weighted by Gasteiger charge is -2.18. The molecule has 1 atom stereocenters. The summed E-state index contributed by atoms with van der Waals surface area (Å²) in [5.74, 6) is 1.35. The van der Waals surface area contributed by atoms with Crippen molar-refractivity contribution < 1.29 is 14.3 Å². The smallest absolute Gasteiger partial charge is 0.270 e. The minimum absolute atomic E-state index is 0.296. The lowest BCUT2D eigenvalue weighted by Crippen LogP contribution is -2.45. The van der Waals surface area contributed by atoms with Crippen LogP contribution in [0.5, 0.6) is 5.88 Å². The first-order valence-electron chi connectivity index (χ1n) is 10.3. The van der Waals surface area contributed by atoms with Gasteiger partial charge in [0.2, 0.25) is 11.8 Å². The fourth-order valence-electron chi connectivity index (χ4n) is 3.89. The number of hydrogen-bond acceptors (Lipinski definition) is 4. The van der Waals surface area contributed by atoms with Crippen LogP contribution in [0.3, 0.4) is 0 Å². The number of hydrogen-bond donors (Lipinski definition) is 2. The summed E-state index contributed by atoms with van der Waals surface area (Å²) in [6.45, 7) is 0.670. The van der Waals surface area contributed by atoms with Crippen LogP contribution >= 0.6 is 0 Å². The van der Waals surface area contributed by atoms with E-state index in [1.165, 1.54) is 25.7 Å². The zero-order valence-corrected chi connectivity index (χ0v) is 15.8. The molecular formula is C21H29N3O3. The highest BCUT2D eigenvalue weighted by Gasteiger charge is 2.30. The lowest BCUT2D eigenvalue weighted by molar-refractivity contribution is -0.120. The maximum atomic E-state index is 12.7. The van der Waals surface area contributed by atoms with E-state index >= 15 is 0 Å². The highest BCUT2D eigenvalue weighted by atomic mass is 16.5. The second kappa shape index (κ2) is 7.87. The van der Waals surface area contributed by atoms with E-state index < -0.39 is 11.9 Å². The number of nitrogens with one attached hydrogen (secondary N) is 1. The predicted octanol–water partition coefficient (Wildman–Crippen LogP) is 2.91. The van der Waals surface area contributed by atoms with Crippen molar-refractivity contribution >= 4 is 11.8 Å². The summed E-state index contributed by atoms with van der Waals surface area (Å²) in [7, 11) is 0. The second-order valence-electron chi connectivity index (χ2n) is 8.43. The van der Waals surface area contributed by atoms with Crippen LogP contribution in [0.15, 0.2) is 12.1 Å². The van der Waals surface area contributed by atoms with E-state index in [0.29, 0.717) is 42.4 Å². The number of ether oxygens (including phenoxy) is 1. The molecule has 3 saturated carbocycles. The van der Waals surface area contributed by atoms with Crippen molar-refractivity contribution in [1.29, 1.82) is 0 Å². The van der Waals surface area contributed by atoms with Crippen LogP contribution in [0, 0.1) is 11.8 Å². The lowest BCUT2D eigenvalue weighted by atomic mass is 9.98. The van der Waals surface area contributed by atoms with Gasteiger partial charge in [-0.25, -0.2) is 4.98 Å². The third-order valence-corrected chi connectivity index (χ3v) is 5.98. The van der Waals surface area contributed by atoms with Gasteiger partial charge in [-0.05, 0) is 55.9 Å². The first kappa shape index (κ1) is 18.3. The van der Waals surface area contributed by atoms with Gasteiger partial charge in [-0.2, -0.15) is 0 Å². The first-order valence-corrected chi connectivity index (χ1v) is 10.3. The third-order valence-electron chi connectivity index (χ3n) is 5.98. The van der Waals surface area contributed by atoms with Crippen molar-refractivity contribution in [2.75, 3.05) is 6.61 Å². The SMILES string of the molecule is NC(=O)[C@H](CC1CC1)NC(=O)c1ccc(C2CCCC2)c(OCC2CC2)n1. The molecule has 1 aromatic rings. The second-order valence-corrected chi connectivity index (χ2v) is 8.43. The van der Waals surface area contributed by atoms with Crippen molar-refractivity contribution in [2.45, 2.75) is 69.7 Å². The van der Waals surface area contributed by atoms with Gasteiger partial charge in [-0.1, -0.05) is 31.7 Å². The summed E-state index contributed by atoms with van der Waals surface area (Å²) >= 11 is 0. The molecule has 0 aliphatic heterocycles. The average molecular weight is 371 g/mol. The average Bonchev–Trinajstić information content (AvgIpc) is 3.59. The largest absolute Gasteiger partial charge is 0.477 e. The molecule has 1 heterocycles. The van der Waals surface area contributed by atoms with Crippen LogP contribution in [-0.2, 0) is 4.79 Å². The van der Waals surface area contributed by atoms with Gasteiger partial charge < -0.3 is 15.8 Å². The Kier molecular flexibility index (Phi) is 5.32. The Bertz CT molecular complexity index is 707. The van der Waals surface area contributed by atoms with Crippen LogP contribution in [0.2, 0.25) is 0 Å². The van der Waals surface area contributed by atoms with Crippen molar-refractivity contribution in [3.05, 3.63) is 23.4 Å². The van der Waals surface area contributed by atoms with E-state index in [1.807, 2.05) is 6.07 Å². The maximum Gasteiger partial charge on any atom is 0.270 e. The Morgan fingerprint density at radius 1 is 1.11 bits per heavy atom. The van der Waals surface area contributed by atoms with Crippen LogP contribution in [0.25, 0.3) is 0 Å². The molecule has 0 saturated heterocycles. The molecule has 0 unspecified atom stereocenters. The Balaban J connectivity index is 1.49. The predicted molar refractivity (Wildman–Crippen MR) is 101 cm³/mol. The van der Waals surface area contributed by atoms with E-state index in [1.54, 1.807) is 6.07 Å². The highest BCUT2D eigenvalue weighted by molar-refractivity contribution is 5.96. The van der Waals surface area contributed by atoms with Crippen molar-refractivity contribution in [3.8, 4) is 5.88 Å². The van der Waals surface area contributed by atoms with E-state index in [9.17, 15) is 9.59 Å². The van der Waals surface area contributed by atoms with Crippen LogP contribution < -0.4 is 15.8 Å². The number of carbonyl (C=O) groups excluding carboxylic acids is 2. The Hall–Kier alpha value is -2.11. The van der Waals surface area contributed by atoms with Gasteiger partial charge >= 0.3 is 0 Å².